The van der Waals surface area contributed by atoms with Gasteiger partial charge in [0.05, 0.1) is 5.92 Å². The van der Waals surface area contributed by atoms with Gasteiger partial charge >= 0.3 is 0 Å². The molecule has 0 aromatic carbocycles. The topological polar surface area (TPSA) is 32.3 Å². The Morgan fingerprint density at radius 3 is 2.83 bits per heavy atom. The second-order valence-electron chi connectivity index (χ2n) is 6.37. The number of carbonyl (C=O) groups excluding carboxylic acids is 1. The van der Waals surface area contributed by atoms with Crippen LogP contribution in [0.5, 0.6) is 0 Å². The van der Waals surface area contributed by atoms with E-state index < -0.39 is 0 Å². The second-order valence-corrected chi connectivity index (χ2v) is 6.93. The average molecular weight is 315 g/mol. The summed E-state index contributed by atoms with van der Waals surface area (Å²) in [6.07, 6.45) is 7.75. The molecule has 0 radical (unpaired) electrons. The third kappa shape index (κ3) is 2.22. The number of amides is 1. The summed E-state index contributed by atoms with van der Waals surface area (Å²) in [7, 11) is 0. The minimum absolute atomic E-state index is 0.271. The van der Waals surface area contributed by atoms with Gasteiger partial charge in [-0.3, -0.25) is 9.69 Å². The van der Waals surface area contributed by atoms with Crippen LogP contribution in [0.15, 0.2) is 0 Å². The Labute approximate surface area is 118 Å². The van der Waals surface area contributed by atoms with E-state index in [2.05, 4.69) is 26.1 Å². The first-order valence-electron chi connectivity index (χ1n) is 7.32. The van der Waals surface area contributed by atoms with Gasteiger partial charge in [0.25, 0.3) is 0 Å². The molecule has 0 bridgehead atoms. The summed E-state index contributed by atoms with van der Waals surface area (Å²) in [5.41, 5.74) is 0.480. The molecule has 4 heteroatoms. The summed E-state index contributed by atoms with van der Waals surface area (Å²) in [5.74, 6) is 0.566. The van der Waals surface area contributed by atoms with Crippen molar-refractivity contribution in [2.75, 3.05) is 25.0 Å². The van der Waals surface area contributed by atoms with Crippen LogP contribution < -0.4 is 5.32 Å². The monoisotopic (exact) mass is 314 g/mol. The SMILES string of the molecule is O=C1NCC2C1CCCN2CC1(CBr)CCCC1. The van der Waals surface area contributed by atoms with E-state index in [1.807, 2.05) is 0 Å². The lowest BCUT2D eigenvalue weighted by atomic mass is 9.84. The number of piperidine rings is 1. The van der Waals surface area contributed by atoms with Crippen LogP contribution in [0.2, 0.25) is 0 Å². The molecule has 2 saturated heterocycles. The zero-order valence-corrected chi connectivity index (χ0v) is 12.5. The van der Waals surface area contributed by atoms with Crippen molar-refractivity contribution >= 4 is 21.8 Å². The van der Waals surface area contributed by atoms with E-state index >= 15 is 0 Å². The van der Waals surface area contributed by atoms with Crippen molar-refractivity contribution in [2.45, 2.75) is 44.6 Å². The first kappa shape index (κ1) is 12.9. The zero-order valence-electron chi connectivity index (χ0n) is 11.0. The van der Waals surface area contributed by atoms with Crippen LogP contribution in [0.25, 0.3) is 0 Å². The fraction of sp³-hybridized carbons (Fsp3) is 0.929. The fourth-order valence-corrected chi connectivity index (χ4v) is 4.86. The molecule has 2 aliphatic heterocycles. The van der Waals surface area contributed by atoms with Crippen molar-refractivity contribution in [3.8, 4) is 0 Å². The lowest BCUT2D eigenvalue weighted by molar-refractivity contribution is -0.124. The van der Waals surface area contributed by atoms with E-state index in [0.29, 0.717) is 17.4 Å². The number of fused-ring (bicyclic) bond motifs is 1. The summed E-state index contributed by atoms with van der Waals surface area (Å²) in [5, 5.41) is 4.17. The lowest BCUT2D eigenvalue weighted by Crippen LogP contribution is -2.50. The number of alkyl halides is 1. The van der Waals surface area contributed by atoms with Crippen molar-refractivity contribution in [1.29, 1.82) is 0 Å². The van der Waals surface area contributed by atoms with Crippen molar-refractivity contribution in [2.24, 2.45) is 11.3 Å². The predicted molar refractivity (Wildman–Crippen MR) is 75.8 cm³/mol. The van der Waals surface area contributed by atoms with Crippen LogP contribution in [-0.2, 0) is 4.79 Å². The number of carbonyl (C=O) groups is 1. The van der Waals surface area contributed by atoms with Gasteiger partial charge in [0.15, 0.2) is 0 Å². The Morgan fingerprint density at radius 2 is 2.11 bits per heavy atom. The Morgan fingerprint density at radius 1 is 1.33 bits per heavy atom. The smallest absolute Gasteiger partial charge is 0.224 e. The molecule has 0 aromatic heterocycles. The van der Waals surface area contributed by atoms with E-state index in [1.165, 1.54) is 45.2 Å². The van der Waals surface area contributed by atoms with E-state index in [0.717, 1.165) is 18.3 Å². The molecule has 1 N–H and O–H groups in total. The highest BCUT2D eigenvalue weighted by Gasteiger charge is 2.44. The summed E-state index contributed by atoms with van der Waals surface area (Å²) >= 11 is 3.74. The maximum absolute atomic E-state index is 11.8. The zero-order chi connectivity index (χ0) is 12.6. The fourth-order valence-electron chi connectivity index (χ4n) is 4.13. The van der Waals surface area contributed by atoms with Crippen LogP contribution in [0.3, 0.4) is 0 Å². The van der Waals surface area contributed by atoms with Gasteiger partial charge in [-0.15, -0.1) is 0 Å². The summed E-state index contributed by atoms with van der Waals surface area (Å²) in [6, 6.07) is 0.475. The lowest BCUT2D eigenvalue weighted by Gasteiger charge is -2.41. The van der Waals surface area contributed by atoms with Crippen LogP contribution in [0, 0.1) is 11.3 Å². The molecule has 2 heterocycles. The quantitative estimate of drug-likeness (QED) is 0.810. The Hall–Kier alpha value is -0.0900. The molecule has 3 nitrogen and oxygen atoms in total. The molecule has 2 atom stereocenters. The van der Waals surface area contributed by atoms with Crippen LogP contribution in [-0.4, -0.2) is 41.8 Å². The number of hydrogen-bond acceptors (Lipinski definition) is 2. The molecule has 102 valence electrons. The molecule has 18 heavy (non-hydrogen) atoms. The van der Waals surface area contributed by atoms with Crippen LogP contribution in [0.1, 0.15) is 38.5 Å². The van der Waals surface area contributed by atoms with Gasteiger partial charge in [-0.2, -0.15) is 0 Å². The maximum Gasteiger partial charge on any atom is 0.224 e. The van der Waals surface area contributed by atoms with Crippen molar-refractivity contribution in [3.05, 3.63) is 0 Å². The molecular formula is C14H23BrN2O. The summed E-state index contributed by atoms with van der Waals surface area (Å²) in [6.45, 7) is 3.25. The molecule has 3 rings (SSSR count). The molecule has 3 aliphatic rings. The summed E-state index contributed by atoms with van der Waals surface area (Å²) < 4.78 is 0. The van der Waals surface area contributed by atoms with Gasteiger partial charge in [-0.1, -0.05) is 28.8 Å². The highest BCUT2D eigenvalue weighted by atomic mass is 79.9. The van der Waals surface area contributed by atoms with E-state index in [4.69, 9.17) is 0 Å². The molecular weight excluding hydrogens is 292 g/mol. The standard InChI is InChI=1S/C14H23BrN2O/c15-9-14(5-1-2-6-14)10-17-7-3-4-11-12(17)8-16-13(11)18/h11-12H,1-10H2,(H,16,18). The first-order valence-corrected chi connectivity index (χ1v) is 8.44. The van der Waals surface area contributed by atoms with Gasteiger partial charge in [-0.05, 0) is 37.6 Å². The number of halogens is 1. The van der Waals surface area contributed by atoms with Crippen LogP contribution >= 0.6 is 15.9 Å². The molecule has 1 saturated carbocycles. The van der Waals surface area contributed by atoms with E-state index in [-0.39, 0.29) is 5.92 Å². The maximum atomic E-state index is 11.8. The number of nitrogens with one attached hydrogen (secondary N) is 1. The molecule has 3 fully saturated rings. The molecule has 2 unspecified atom stereocenters. The van der Waals surface area contributed by atoms with Crippen molar-refractivity contribution in [3.63, 3.8) is 0 Å². The molecule has 1 amide bonds. The molecule has 1 aliphatic carbocycles. The van der Waals surface area contributed by atoms with E-state index in [1.54, 1.807) is 0 Å². The number of likely N-dealkylation sites (tertiary alicyclic amines) is 1. The van der Waals surface area contributed by atoms with E-state index in [9.17, 15) is 4.79 Å². The average Bonchev–Trinajstić information content (AvgIpc) is 2.99. The van der Waals surface area contributed by atoms with Gasteiger partial charge in [0, 0.05) is 24.5 Å². The highest BCUT2D eigenvalue weighted by molar-refractivity contribution is 9.09. The number of hydrogen-bond donors (Lipinski definition) is 1. The highest BCUT2D eigenvalue weighted by Crippen LogP contribution is 2.42. The minimum Gasteiger partial charge on any atom is -0.354 e. The Balaban J connectivity index is 1.70. The molecule has 0 aromatic rings. The second kappa shape index (κ2) is 5.12. The van der Waals surface area contributed by atoms with Crippen molar-refractivity contribution < 1.29 is 4.79 Å². The number of nitrogens with zero attached hydrogens (tertiary/aromatic N) is 1. The predicted octanol–water partition coefficient (Wildman–Crippen LogP) is 2.15. The molecule has 0 spiro atoms. The van der Waals surface area contributed by atoms with Gasteiger partial charge in [0.2, 0.25) is 5.91 Å². The first-order chi connectivity index (χ1) is 8.74. The van der Waals surface area contributed by atoms with Gasteiger partial charge < -0.3 is 5.32 Å². The Bertz CT molecular complexity index is 328. The van der Waals surface area contributed by atoms with Crippen molar-refractivity contribution in [1.82, 2.24) is 10.2 Å². The van der Waals surface area contributed by atoms with Crippen LogP contribution in [0.4, 0.5) is 0 Å². The third-order valence-electron chi connectivity index (χ3n) is 5.20. The van der Waals surface area contributed by atoms with Gasteiger partial charge in [0.1, 0.15) is 0 Å². The van der Waals surface area contributed by atoms with Gasteiger partial charge in [-0.25, -0.2) is 0 Å². The summed E-state index contributed by atoms with van der Waals surface area (Å²) in [4.78, 5) is 14.4. The third-order valence-corrected chi connectivity index (χ3v) is 6.39. The largest absolute Gasteiger partial charge is 0.354 e. The Kier molecular flexibility index (Phi) is 3.68. The minimum atomic E-state index is 0.271. The number of rotatable bonds is 3. The normalized spacial score (nSPS) is 35.5.